The van der Waals surface area contributed by atoms with Gasteiger partial charge in [-0.2, -0.15) is 15.1 Å². The molecule has 0 saturated carbocycles. The monoisotopic (exact) mass is 323 g/mol. The van der Waals surface area contributed by atoms with Gasteiger partial charge in [0, 0.05) is 6.21 Å². The summed E-state index contributed by atoms with van der Waals surface area (Å²) in [5.41, 5.74) is 9.09. The van der Waals surface area contributed by atoms with E-state index in [2.05, 4.69) is 25.5 Å². The Hall–Kier alpha value is -2.34. The molecule has 124 valence electrons. The summed E-state index contributed by atoms with van der Waals surface area (Å²) >= 11 is 0. The molecular formula is C12H17N7O4. The molecule has 3 rings (SSSR count). The summed E-state index contributed by atoms with van der Waals surface area (Å²) in [5, 5.41) is 33.0. The maximum atomic E-state index is 10.1. The molecule has 11 heteroatoms. The molecule has 1 saturated heterocycles. The number of hydrazone groups is 1. The summed E-state index contributed by atoms with van der Waals surface area (Å²) in [6.07, 6.45) is -1.41. The normalized spacial score (nSPS) is 28.0. The number of aliphatic hydroxyl groups excluding tert-OH is 3. The van der Waals surface area contributed by atoms with Crippen LogP contribution < -0.4 is 11.2 Å². The highest BCUT2D eigenvalue weighted by Gasteiger charge is 2.44. The molecule has 0 amide bonds. The van der Waals surface area contributed by atoms with Crippen molar-refractivity contribution in [3.05, 3.63) is 6.33 Å². The van der Waals surface area contributed by atoms with Crippen molar-refractivity contribution in [2.24, 2.45) is 5.10 Å². The first-order valence-electron chi connectivity index (χ1n) is 6.93. The number of aliphatic hydroxyl groups is 3. The topological polar surface area (TPSA) is 164 Å². The van der Waals surface area contributed by atoms with Crippen LogP contribution in [0, 0.1) is 0 Å². The van der Waals surface area contributed by atoms with E-state index in [1.165, 1.54) is 17.1 Å². The van der Waals surface area contributed by atoms with Gasteiger partial charge in [0.15, 0.2) is 17.7 Å². The zero-order chi connectivity index (χ0) is 16.6. The van der Waals surface area contributed by atoms with Crippen LogP contribution in [-0.2, 0) is 4.74 Å². The van der Waals surface area contributed by atoms with Crippen LogP contribution in [-0.4, -0.2) is 66.0 Å². The van der Waals surface area contributed by atoms with Crippen LogP contribution in [0.2, 0.25) is 0 Å². The zero-order valence-corrected chi connectivity index (χ0v) is 12.2. The van der Waals surface area contributed by atoms with Crippen molar-refractivity contribution in [2.75, 3.05) is 17.8 Å². The SMILES string of the molecule is C/C=N/Nc1nc(N)c2ncn(C3O[C@H](CO)[C@@H](O)[C@H]3O)c2n1. The lowest BCUT2D eigenvalue weighted by atomic mass is 10.1. The smallest absolute Gasteiger partial charge is 0.247 e. The Morgan fingerprint density at radius 2 is 2.22 bits per heavy atom. The van der Waals surface area contributed by atoms with E-state index < -0.39 is 31.1 Å². The number of nitrogens with zero attached hydrogens (tertiary/aromatic N) is 5. The van der Waals surface area contributed by atoms with Crippen molar-refractivity contribution in [3.8, 4) is 0 Å². The molecule has 3 heterocycles. The molecule has 0 radical (unpaired) electrons. The van der Waals surface area contributed by atoms with Crippen LogP contribution in [0.25, 0.3) is 11.2 Å². The number of anilines is 2. The predicted octanol–water partition coefficient (Wildman–Crippen LogP) is -1.56. The average molecular weight is 323 g/mol. The van der Waals surface area contributed by atoms with Crippen molar-refractivity contribution in [1.82, 2.24) is 19.5 Å². The third-order valence-corrected chi connectivity index (χ3v) is 3.53. The average Bonchev–Trinajstić information content (AvgIpc) is 3.08. The molecule has 1 aliphatic rings. The molecule has 0 aliphatic carbocycles. The Bertz CT molecular complexity index is 734. The van der Waals surface area contributed by atoms with Gasteiger partial charge in [-0.3, -0.25) is 4.57 Å². The number of nitrogens with two attached hydrogens (primary N) is 1. The summed E-state index contributed by atoms with van der Waals surface area (Å²) in [6, 6.07) is 0. The van der Waals surface area contributed by atoms with E-state index in [1.54, 1.807) is 6.92 Å². The second-order valence-electron chi connectivity index (χ2n) is 4.98. The van der Waals surface area contributed by atoms with Gasteiger partial charge in [-0.15, -0.1) is 0 Å². The Morgan fingerprint density at radius 1 is 1.43 bits per heavy atom. The lowest BCUT2D eigenvalue weighted by Crippen LogP contribution is -2.33. The number of hydrogen-bond donors (Lipinski definition) is 5. The lowest BCUT2D eigenvalue weighted by molar-refractivity contribution is -0.0511. The molecule has 23 heavy (non-hydrogen) atoms. The molecule has 1 fully saturated rings. The van der Waals surface area contributed by atoms with Crippen molar-refractivity contribution in [2.45, 2.75) is 31.5 Å². The van der Waals surface area contributed by atoms with Crippen LogP contribution in [0.15, 0.2) is 11.4 Å². The van der Waals surface area contributed by atoms with Crippen LogP contribution >= 0.6 is 0 Å². The molecule has 2 aromatic heterocycles. The van der Waals surface area contributed by atoms with E-state index in [1.807, 2.05) is 0 Å². The van der Waals surface area contributed by atoms with Crippen molar-refractivity contribution in [1.29, 1.82) is 0 Å². The van der Waals surface area contributed by atoms with Gasteiger partial charge in [0.05, 0.1) is 12.9 Å². The van der Waals surface area contributed by atoms with Crippen LogP contribution in [0.5, 0.6) is 0 Å². The largest absolute Gasteiger partial charge is 0.394 e. The third kappa shape index (κ3) is 2.59. The molecule has 0 aromatic carbocycles. The number of ether oxygens (including phenoxy) is 1. The van der Waals surface area contributed by atoms with Crippen LogP contribution in [0.4, 0.5) is 11.8 Å². The van der Waals surface area contributed by atoms with E-state index in [4.69, 9.17) is 10.5 Å². The van der Waals surface area contributed by atoms with E-state index in [0.717, 1.165) is 0 Å². The highest BCUT2D eigenvalue weighted by molar-refractivity contribution is 5.83. The maximum Gasteiger partial charge on any atom is 0.247 e. The second-order valence-corrected chi connectivity index (χ2v) is 4.98. The van der Waals surface area contributed by atoms with Gasteiger partial charge in [0.2, 0.25) is 5.95 Å². The molecule has 0 spiro atoms. The van der Waals surface area contributed by atoms with Gasteiger partial charge < -0.3 is 25.8 Å². The van der Waals surface area contributed by atoms with Gasteiger partial charge in [-0.05, 0) is 6.92 Å². The highest BCUT2D eigenvalue weighted by Crippen LogP contribution is 2.32. The quantitative estimate of drug-likeness (QED) is 0.330. The maximum absolute atomic E-state index is 10.1. The van der Waals surface area contributed by atoms with Crippen molar-refractivity contribution < 1.29 is 20.1 Å². The fourth-order valence-electron chi connectivity index (χ4n) is 2.41. The van der Waals surface area contributed by atoms with Crippen molar-refractivity contribution >= 4 is 29.1 Å². The summed E-state index contributed by atoms with van der Waals surface area (Å²) < 4.78 is 6.90. The molecule has 0 bridgehead atoms. The molecule has 6 N–H and O–H groups in total. The Morgan fingerprint density at radius 3 is 2.87 bits per heavy atom. The predicted molar refractivity (Wildman–Crippen MR) is 80.5 cm³/mol. The van der Waals surface area contributed by atoms with Crippen LogP contribution in [0.3, 0.4) is 0 Å². The van der Waals surface area contributed by atoms with Gasteiger partial charge in [0.25, 0.3) is 0 Å². The van der Waals surface area contributed by atoms with E-state index in [9.17, 15) is 15.3 Å². The van der Waals surface area contributed by atoms with Gasteiger partial charge in [-0.25, -0.2) is 10.4 Å². The molecule has 1 unspecified atom stereocenters. The minimum absolute atomic E-state index is 0.134. The summed E-state index contributed by atoms with van der Waals surface area (Å²) in [6.45, 7) is 1.30. The number of nitrogen functional groups attached to an aromatic ring is 1. The summed E-state index contributed by atoms with van der Waals surface area (Å²) in [7, 11) is 0. The number of rotatable bonds is 4. The fraction of sp³-hybridized carbons (Fsp3) is 0.500. The Kier molecular flexibility index (Phi) is 4.09. The summed E-state index contributed by atoms with van der Waals surface area (Å²) in [5.74, 6) is 0.288. The standard InChI is InChI=1S/C12H17N7O4/c1-2-15-18-12-16-9(13)6-10(17-12)19(4-14-6)11-8(22)7(21)5(3-20)23-11/h2,4-5,7-8,11,20-22H,3H2,1H3,(H3,13,16,17,18)/b15-2+/t5-,7-,8-,11?/m1/s1. The third-order valence-electron chi connectivity index (χ3n) is 3.53. The van der Waals surface area contributed by atoms with Gasteiger partial charge in [-0.1, -0.05) is 0 Å². The first kappa shape index (κ1) is 15.6. The second kappa shape index (κ2) is 6.04. The molecular weight excluding hydrogens is 306 g/mol. The number of imidazole rings is 1. The fourth-order valence-corrected chi connectivity index (χ4v) is 2.41. The summed E-state index contributed by atoms with van der Waals surface area (Å²) in [4.78, 5) is 12.4. The first-order valence-corrected chi connectivity index (χ1v) is 6.93. The molecule has 4 atom stereocenters. The molecule has 1 aliphatic heterocycles. The van der Waals surface area contributed by atoms with E-state index in [-0.39, 0.29) is 11.8 Å². The Labute approximate surface area is 130 Å². The number of fused-ring (bicyclic) bond motifs is 1. The first-order chi connectivity index (χ1) is 11.1. The molecule has 11 nitrogen and oxygen atoms in total. The number of nitrogens with one attached hydrogen (secondary N) is 1. The zero-order valence-electron chi connectivity index (χ0n) is 12.2. The minimum atomic E-state index is -1.24. The van der Waals surface area contributed by atoms with Gasteiger partial charge in [0.1, 0.15) is 23.8 Å². The Balaban J connectivity index is 2.03. The molecule has 2 aromatic rings. The highest BCUT2D eigenvalue weighted by atomic mass is 16.6. The number of aromatic nitrogens is 4. The van der Waals surface area contributed by atoms with Gasteiger partial charge >= 0.3 is 0 Å². The van der Waals surface area contributed by atoms with Crippen LogP contribution in [0.1, 0.15) is 13.2 Å². The number of hydrogen-bond acceptors (Lipinski definition) is 10. The minimum Gasteiger partial charge on any atom is -0.394 e. The van der Waals surface area contributed by atoms with E-state index >= 15 is 0 Å². The lowest BCUT2D eigenvalue weighted by Gasteiger charge is -2.16. The van der Waals surface area contributed by atoms with E-state index in [0.29, 0.717) is 11.2 Å². The van der Waals surface area contributed by atoms with Crippen molar-refractivity contribution in [3.63, 3.8) is 0 Å².